The largest absolute Gasteiger partial charge is 0.463 e. The van der Waals surface area contributed by atoms with Crippen LogP contribution in [0.3, 0.4) is 0 Å². The molecular formula is C16H21NO2. The fraction of sp³-hybridized carbons (Fsp3) is 0.375. The van der Waals surface area contributed by atoms with Crippen molar-refractivity contribution in [1.29, 1.82) is 0 Å². The van der Waals surface area contributed by atoms with Crippen LogP contribution < -0.4 is 4.90 Å². The Balaban J connectivity index is 2.18. The zero-order chi connectivity index (χ0) is 13.8. The van der Waals surface area contributed by atoms with Gasteiger partial charge in [0.05, 0.1) is 0 Å². The first-order valence-corrected chi connectivity index (χ1v) is 6.75. The Bertz CT molecular complexity index is 512. The highest BCUT2D eigenvalue weighted by atomic mass is 16.4. The van der Waals surface area contributed by atoms with Crippen molar-refractivity contribution in [3.8, 4) is 0 Å². The van der Waals surface area contributed by atoms with Crippen LogP contribution in [0.5, 0.6) is 0 Å². The highest BCUT2D eigenvalue weighted by Crippen LogP contribution is 2.25. The molecule has 1 N–H and O–H groups in total. The molecule has 2 aromatic rings. The lowest BCUT2D eigenvalue weighted by Gasteiger charge is -2.21. The first-order chi connectivity index (χ1) is 9.15. The maximum Gasteiger partial charge on any atom is 0.137 e. The molecule has 0 saturated carbocycles. The van der Waals surface area contributed by atoms with Gasteiger partial charge in [-0.1, -0.05) is 12.1 Å². The zero-order valence-corrected chi connectivity index (χ0v) is 11.8. The van der Waals surface area contributed by atoms with Crippen LogP contribution in [-0.4, -0.2) is 18.2 Å². The predicted molar refractivity (Wildman–Crippen MR) is 77.5 cm³/mol. The van der Waals surface area contributed by atoms with Gasteiger partial charge in [-0.2, -0.15) is 0 Å². The smallest absolute Gasteiger partial charge is 0.137 e. The Morgan fingerprint density at radius 3 is 2.16 bits per heavy atom. The van der Waals surface area contributed by atoms with Gasteiger partial charge in [-0.25, -0.2) is 0 Å². The topological polar surface area (TPSA) is 36.6 Å². The van der Waals surface area contributed by atoms with E-state index in [1.54, 1.807) is 0 Å². The number of hydrogen-bond donors (Lipinski definition) is 1. The summed E-state index contributed by atoms with van der Waals surface area (Å²) in [5.41, 5.74) is 2.03. The molecule has 0 amide bonds. The summed E-state index contributed by atoms with van der Waals surface area (Å²) >= 11 is 0. The monoisotopic (exact) mass is 259 g/mol. The number of rotatable bonds is 5. The SMILES string of the molecule is CCN(CC)c1ccc(C(O)c2ccc(C)o2)cc1. The molecule has 1 aromatic heterocycles. The van der Waals surface area contributed by atoms with Crippen LogP contribution in [0.15, 0.2) is 40.8 Å². The summed E-state index contributed by atoms with van der Waals surface area (Å²) in [4.78, 5) is 2.27. The first-order valence-electron chi connectivity index (χ1n) is 6.75. The Kier molecular flexibility index (Phi) is 4.27. The van der Waals surface area contributed by atoms with Crippen LogP contribution in [0.1, 0.15) is 37.0 Å². The molecule has 1 unspecified atom stereocenters. The van der Waals surface area contributed by atoms with Crippen molar-refractivity contribution in [2.24, 2.45) is 0 Å². The Labute approximate surface area is 114 Å². The number of hydrogen-bond acceptors (Lipinski definition) is 3. The summed E-state index contributed by atoms with van der Waals surface area (Å²) in [6.07, 6.45) is -0.695. The number of furan rings is 1. The second-order valence-corrected chi connectivity index (χ2v) is 4.61. The summed E-state index contributed by atoms with van der Waals surface area (Å²) in [7, 11) is 0. The van der Waals surface area contributed by atoms with Gasteiger partial charge in [0.25, 0.3) is 0 Å². The molecule has 19 heavy (non-hydrogen) atoms. The van der Waals surface area contributed by atoms with Crippen LogP contribution in [0.2, 0.25) is 0 Å². The van der Waals surface area contributed by atoms with Crippen molar-refractivity contribution in [2.75, 3.05) is 18.0 Å². The van der Waals surface area contributed by atoms with Crippen molar-refractivity contribution in [3.05, 3.63) is 53.5 Å². The van der Waals surface area contributed by atoms with Crippen LogP contribution in [0.4, 0.5) is 5.69 Å². The summed E-state index contributed by atoms with van der Waals surface area (Å²) < 4.78 is 5.46. The fourth-order valence-electron chi connectivity index (χ4n) is 2.22. The van der Waals surface area contributed by atoms with Gasteiger partial charge in [-0.05, 0) is 50.6 Å². The standard InChI is InChI=1S/C16H21NO2/c1-4-17(5-2)14-9-7-13(8-10-14)16(18)15-11-6-12(3)19-15/h6-11,16,18H,4-5H2,1-3H3. The maximum atomic E-state index is 10.2. The number of anilines is 1. The summed E-state index contributed by atoms with van der Waals surface area (Å²) in [6, 6.07) is 11.7. The third-order valence-corrected chi connectivity index (χ3v) is 3.37. The summed E-state index contributed by atoms with van der Waals surface area (Å²) in [5, 5.41) is 10.2. The van der Waals surface area contributed by atoms with E-state index in [2.05, 4.69) is 18.7 Å². The normalized spacial score (nSPS) is 12.4. The molecule has 1 heterocycles. The van der Waals surface area contributed by atoms with Crippen molar-refractivity contribution in [2.45, 2.75) is 26.9 Å². The molecule has 102 valence electrons. The fourth-order valence-corrected chi connectivity index (χ4v) is 2.22. The number of benzene rings is 1. The van der Waals surface area contributed by atoms with Gasteiger partial charge in [-0.3, -0.25) is 0 Å². The molecule has 0 fully saturated rings. The van der Waals surface area contributed by atoms with E-state index in [0.29, 0.717) is 5.76 Å². The number of aliphatic hydroxyl groups is 1. The lowest BCUT2D eigenvalue weighted by Crippen LogP contribution is -2.21. The third kappa shape index (κ3) is 2.99. The minimum Gasteiger partial charge on any atom is -0.463 e. The van der Waals surface area contributed by atoms with Gasteiger partial charge in [0, 0.05) is 18.8 Å². The van der Waals surface area contributed by atoms with E-state index in [1.807, 2.05) is 43.3 Å². The average Bonchev–Trinajstić information content (AvgIpc) is 2.87. The minimum atomic E-state index is -0.695. The quantitative estimate of drug-likeness (QED) is 0.892. The molecule has 1 atom stereocenters. The Morgan fingerprint density at radius 1 is 1.05 bits per heavy atom. The molecule has 0 aliphatic rings. The number of aliphatic hydroxyl groups excluding tert-OH is 1. The molecule has 0 bridgehead atoms. The molecule has 0 aliphatic heterocycles. The third-order valence-electron chi connectivity index (χ3n) is 3.37. The highest BCUT2D eigenvalue weighted by molar-refractivity contribution is 5.48. The van der Waals surface area contributed by atoms with Gasteiger partial charge < -0.3 is 14.4 Å². The van der Waals surface area contributed by atoms with Crippen molar-refractivity contribution >= 4 is 5.69 Å². The predicted octanol–water partition coefficient (Wildman–Crippen LogP) is 3.52. The Hall–Kier alpha value is -1.74. The zero-order valence-electron chi connectivity index (χ0n) is 11.8. The van der Waals surface area contributed by atoms with E-state index in [9.17, 15) is 5.11 Å². The summed E-state index contributed by atoms with van der Waals surface area (Å²) in [5.74, 6) is 1.40. The van der Waals surface area contributed by atoms with Crippen LogP contribution in [0, 0.1) is 6.92 Å². The molecule has 2 rings (SSSR count). The second-order valence-electron chi connectivity index (χ2n) is 4.61. The molecule has 0 aliphatic carbocycles. The first kappa shape index (κ1) is 13.7. The van der Waals surface area contributed by atoms with E-state index in [0.717, 1.165) is 24.4 Å². The minimum absolute atomic E-state index is 0.591. The van der Waals surface area contributed by atoms with Crippen molar-refractivity contribution in [1.82, 2.24) is 0 Å². The number of aryl methyl sites for hydroxylation is 1. The molecule has 0 spiro atoms. The van der Waals surface area contributed by atoms with E-state index in [4.69, 9.17) is 4.42 Å². The van der Waals surface area contributed by atoms with Gasteiger partial charge >= 0.3 is 0 Å². The van der Waals surface area contributed by atoms with Gasteiger partial charge in [0.1, 0.15) is 17.6 Å². The van der Waals surface area contributed by atoms with E-state index in [1.165, 1.54) is 5.69 Å². The van der Waals surface area contributed by atoms with E-state index >= 15 is 0 Å². The number of nitrogens with zero attached hydrogens (tertiary/aromatic N) is 1. The van der Waals surface area contributed by atoms with Crippen molar-refractivity contribution in [3.63, 3.8) is 0 Å². The van der Waals surface area contributed by atoms with E-state index in [-0.39, 0.29) is 0 Å². The molecule has 3 heteroatoms. The molecule has 3 nitrogen and oxygen atoms in total. The van der Waals surface area contributed by atoms with Crippen LogP contribution >= 0.6 is 0 Å². The van der Waals surface area contributed by atoms with E-state index < -0.39 is 6.10 Å². The lowest BCUT2D eigenvalue weighted by atomic mass is 10.1. The second kappa shape index (κ2) is 5.93. The van der Waals surface area contributed by atoms with Gasteiger partial charge in [0.2, 0.25) is 0 Å². The molecule has 1 aromatic carbocycles. The maximum absolute atomic E-state index is 10.2. The highest BCUT2D eigenvalue weighted by Gasteiger charge is 2.14. The van der Waals surface area contributed by atoms with Gasteiger partial charge in [-0.15, -0.1) is 0 Å². The Morgan fingerprint density at radius 2 is 1.68 bits per heavy atom. The molecule has 0 radical (unpaired) electrons. The summed E-state index contributed by atoms with van der Waals surface area (Å²) in [6.45, 7) is 8.11. The van der Waals surface area contributed by atoms with Crippen molar-refractivity contribution < 1.29 is 9.52 Å². The van der Waals surface area contributed by atoms with Crippen LogP contribution in [-0.2, 0) is 0 Å². The lowest BCUT2D eigenvalue weighted by molar-refractivity contribution is 0.187. The van der Waals surface area contributed by atoms with Crippen LogP contribution in [0.25, 0.3) is 0 Å². The molecular weight excluding hydrogens is 238 g/mol. The van der Waals surface area contributed by atoms with Gasteiger partial charge in [0.15, 0.2) is 0 Å². The average molecular weight is 259 g/mol. The molecule has 0 saturated heterocycles.